The van der Waals surface area contributed by atoms with Crippen LogP contribution < -0.4 is 4.90 Å². The first kappa shape index (κ1) is 9.64. The molecule has 5 nitrogen and oxygen atoms in total. The molecule has 0 aromatic carbocycles. The molecule has 0 unspecified atom stereocenters. The van der Waals surface area contributed by atoms with Crippen LogP contribution in [-0.4, -0.2) is 34.1 Å². The first-order chi connectivity index (χ1) is 7.27. The Hall–Kier alpha value is -1.91. The Labute approximate surface area is 87.1 Å². The predicted octanol–water partition coefficient (Wildman–Crippen LogP) is 0.941. The summed E-state index contributed by atoms with van der Waals surface area (Å²) in [5, 5.41) is 8.77. The van der Waals surface area contributed by atoms with Crippen molar-refractivity contribution < 1.29 is 9.90 Å². The number of nitrogens with zero attached hydrogens (tertiary/aromatic N) is 3. The predicted molar refractivity (Wildman–Crippen MR) is 55.0 cm³/mol. The van der Waals surface area contributed by atoms with Crippen LogP contribution in [0.1, 0.15) is 16.9 Å². The minimum atomic E-state index is -1.04. The molecule has 0 bridgehead atoms. The second-order valence-corrected chi connectivity index (χ2v) is 3.27. The third-order valence-electron chi connectivity index (χ3n) is 2.22. The lowest BCUT2D eigenvalue weighted by Gasteiger charge is -2.23. The number of hydrogen-bond donors (Lipinski definition) is 1. The molecule has 2 heterocycles. The summed E-state index contributed by atoms with van der Waals surface area (Å²) >= 11 is 0. The van der Waals surface area contributed by atoms with Gasteiger partial charge in [-0.1, -0.05) is 12.2 Å². The molecule has 0 amide bonds. The van der Waals surface area contributed by atoms with Crippen LogP contribution in [0.25, 0.3) is 0 Å². The first-order valence-electron chi connectivity index (χ1n) is 4.72. The summed E-state index contributed by atoms with van der Waals surface area (Å²) in [6.45, 7) is 1.62. The van der Waals surface area contributed by atoms with Gasteiger partial charge >= 0.3 is 5.97 Å². The maximum absolute atomic E-state index is 10.7. The van der Waals surface area contributed by atoms with Crippen LogP contribution in [0.2, 0.25) is 0 Å². The summed E-state index contributed by atoms with van der Waals surface area (Å²) in [6, 6.07) is 0. The Bertz CT molecular complexity index is 403. The number of carbonyl (C=O) groups is 1. The summed E-state index contributed by atoms with van der Waals surface area (Å²) in [4.78, 5) is 20.6. The average Bonchev–Trinajstić information content (AvgIpc) is 2.30. The molecule has 0 radical (unpaired) electrons. The van der Waals surface area contributed by atoms with Crippen molar-refractivity contribution in [2.45, 2.75) is 6.42 Å². The molecule has 0 aliphatic carbocycles. The summed E-state index contributed by atoms with van der Waals surface area (Å²) in [5.74, 6) is -0.420. The van der Waals surface area contributed by atoms with Crippen LogP contribution >= 0.6 is 0 Å². The molecule has 0 atom stereocenters. The van der Waals surface area contributed by atoms with E-state index >= 15 is 0 Å². The van der Waals surface area contributed by atoms with Gasteiger partial charge in [-0.3, -0.25) is 4.98 Å². The molecule has 0 spiro atoms. The van der Waals surface area contributed by atoms with Crippen molar-refractivity contribution >= 4 is 11.8 Å². The van der Waals surface area contributed by atoms with Crippen LogP contribution in [0, 0.1) is 0 Å². The topological polar surface area (TPSA) is 66.3 Å². The fraction of sp³-hybridized carbons (Fsp3) is 0.300. The van der Waals surface area contributed by atoms with Gasteiger partial charge in [0.2, 0.25) is 0 Å². The van der Waals surface area contributed by atoms with Crippen molar-refractivity contribution in [3.8, 4) is 0 Å². The van der Waals surface area contributed by atoms with E-state index in [0.29, 0.717) is 5.82 Å². The van der Waals surface area contributed by atoms with Crippen molar-refractivity contribution in [3.05, 3.63) is 30.2 Å². The zero-order valence-corrected chi connectivity index (χ0v) is 8.13. The maximum atomic E-state index is 10.7. The lowest BCUT2D eigenvalue weighted by atomic mass is 10.2. The number of rotatable bonds is 2. The molecule has 1 aromatic heterocycles. The summed E-state index contributed by atoms with van der Waals surface area (Å²) < 4.78 is 0. The van der Waals surface area contributed by atoms with Gasteiger partial charge in [-0.05, 0) is 6.42 Å². The fourth-order valence-corrected chi connectivity index (χ4v) is 1.46. The molecular formula is C10H11N3O2. The monoisotopic (exact) mass is 205 g/mol. The van der Waals surface area contributed by atoms with Gasteiger partial charge in [0.15, 0.2) is 5.69 Å². The second-order valence-electron chi connectivity index (χ2n) is 3.27. The van der Waals surface area contributed by atoms with E-state index in [0.717, 1.165) is 19.5 Å². The normalized spacial score (nSPS) is 15.3. The molecule has 0 saturated carbocycles. The number of anilines is 1. The number of carboxylic acids is 1. The van der Waals surface area contributed by atoms with Crippen molar-refractivity contribution in [1.29, 1.82) is 0 Å². The summed E-state index contributed by atoms with van der Waals surface area (Å²) in [5.41, 5.74) is -0.0120. The van der Waals surface area contributed by atoms with Crippen LogP contribution in [0.5, 0.6) is 0 Å². The van der Waals surface area contributed by atoms with Crippen LogP contribution in [0.3, 0.4) is 0 Å². The van der Waals surface area contributed by atoms with Crippen LogP contribution in [0.15, 0.2) is 24.5 Å². The Morgan fingerprint density at radius 3 is 2.93 bits per heavy atom. The third kappa shape index (κ3) is 2.12. The van der Waals surface area contributed by atoms with Gasteiger partial charge < -0.3 is 10.0 Å². The van der Waals surface area contributed by atoms with E-state index in [9.17, 15) is 4.79 Å². The highest BCUT2D eigenvalue weighted by molar-refractivity contribution is 5.85. The average molecular weight is 205 g/mol. The molecule has 2 rings (SSSR count). The number of aromatic carboxylic acids is 1. The summed E-state index contributed by atoms with van der Waals surface area (Å²) in [7, 11) is 0. The molecule has 0 saturated heterocycles. The van der Waals surface area contributed by atoms with Gasteiger partial charge in [-0.25, -0.2) is 9.78 Å². The largest absolute Gasteiger partial charge is 0.476 e. The number of aromatic nitrogens is 2. The van der Waals surface area contributed by atoms with Crippen molar-refractivity contribution in [2.24, 2.45) is 0 Å². The van der Waals surface area contributed by atoms with Gasteiger partial charge in [0.25, 0.3) is 0 Å². The second kappa shape index (κ2) is 4.08. The van der Waals surface area contributed by atoms with Crippen molar-refractivity contribution in [1.82, 2.24) is 9.97 Å². The molecule has 1 aliphatic rings. The molecule has 0 fully saturated rings. The molecule has 1 aliphatic heterocycles. The molecule has 1 N–H and O–H groups in total. The van der Waals surface area contributed by atoms with Crippen LogP contribution in [-0.2, 0) is 0 Å². The van der Waals surface area contributed by atoms with E-state index in [1.54, 1.807) is 6.20 Å². The Kier molecular flexibility index (Phi) is 2.62. The SMILES string of the molecule is O=C(O)c1cncc(N2CC=CCC2)n1. The number of hydrogen-bond acceptors (Lipinski definition) is 4. The molecule has 5 heteroatoms. The van der Waals surface area contributed by atoms with Crippen LogP contribution in [0.4, 0.5) is 5.82 Å². The van der Waals surface area contributed by atoms with Gasteiger partial charge in [-0.15, -0.1) is 0 Å². The highest BCUT2D eigenvalue weighted by Gasteiger charge is 2.12. The highest BCUT2D eigenvalue weighted by Crippen LogP contribution is 2.13. The van der Waals surface area contributed by atoms with Crippen molar-refractivity contribution in [2.75, 3.05) is 18.0 Å². The zero-order valence-electron chi connectivity index (χ0n) is 8.13. The molecule has 1 aromatic rings. The Morgan fingerprint density at radius 1 is 1.40 bits per heavy atom. The van der Waals surface area contributed by atoms with Gasteiger partial charge in [0.1, 0.15) is 5.82 Å². The van der Waals surface area contributed by atoms with E-state index in [2.05, 4.69) is 16.0 Å². The smallest absolute Gasteiger partial charge is 0.356 e. The maximum Gasteiger partial charge on any atom is 0.356 e. The number of carboxylic acid groups (broad SMARTS) is 1. The van der Waals surface area contributed by atoms with E-state index in [4.69, 9.17) is 5.11 Å². The Balaban J connectivity index is 2.24. The van der Waals surface area contributed by atoms with E-state index in [1.807, 2.05) is 11.0 Å². The van der Waals surface area contributed by atoms with Gasteiger partial charge in [0, 0.05) is 13.1 Å². The van der Waals surface area contributed by atoms with E-state index in [1.165, 1.54) is 6.20 Å². The van der Waals surface area contributed by atoms with Gasteiger partial charge in [-0.2, -0.15) is 0 Å². The fourth-order valence-electron chi connectivity index (χ4n) is 1.46. The molecular weight excluding hydrogens is 194 g/mol. The minimum absolute atomic E-state index is 0.0120. The molecule has 78 valence electrons. The van der Waals surface area contributed by atoms with Gasteiger partial charge in [0.05, 0.1) is 12.4 Å². The third-order valence-corrected chi connectivity index (χ3v) is 2.22. The zero-order chi connectivity index (χ0) is 10.7. The van der Waals surface area contributed by atoms with Crippen molar-refractivity contribution in [3.63, 3.8) is 0 Å². The lowest BCUT2D eigenvalue weighted by molar-refractivity contribution is 0.0690. The Morgan fingerprint density at radius 2 is 2.27 bits per heavy atom. The quantitative estimate of drug-likeness (QED) is 0.728. The van der Waals surface area contributed by atoms with E-state index in [-0.39, 0.29) is 5.69 Å². The molecule has 15 heavy (non-hydrogen) atoms. The lowest BCUT2D eigenvalue weighted by Crippen LogP contribution is -2.28. The summed E-state index contributed by atoms with van der Waals surface area (Å²) in [6.07, 6.45) is 7.94. The van der Waals surface area contributed by atoms with E-state index < -0.39 is 5.97 Å². The minimum Gasteiger partial charge on any atom is -0.476 e. The standard InChI is InChI=1S/C10H11N3O2/c14-10(15)8-6-11-7-9(12-8)13-4-2-1-3-5-13/h1-2,6-7H,3-5H2,(H,14,15). The first-order valence-corrected chi connectivity index (χ1v) is 4.72. The highest BCUT2D eigenvalue weighted by atomic mass is 16.4.